The van der Waals surface area contributed by atoms with Crippen molar-refractivity contribution in [2.75, 3.05) is 13.1 Å². The van der Waals surface area contributed by atoms with Crippen LogP contribution in [-0.2, 0) is 29.6 Å². The molecule has 5 rings (SSSR count). The Kier molecular flexibility index (Phi) is 10.1. The molecule has 1 saturated carbocycles. The van der Waals surface area contributed by atoms with E-state index in [0.29, 0.717) is 18.5 Å². The van der Waals surface area contributed by atoms with Crippen molar-refractivity contribution in [3.05, 3.63) is 59.9 Å². The molecule has 2 aromatic carbocycles. The molecule has 6 N–H and O–H groups in total. The van der Waals surface area contributed by atoms with Crippen LogP contribution in [0.3, 0.4) is 0 Å². The Balaban J connectivity index is 1.48. The quantitative estimate of drug-likeness (QED) is 0.180. The number of fused-ring (bicyclic) bond motifs is 1. The van der Waals surface area contributed by atoms with Gasteiger partial charge in [0.05, 0.1) is 17.9 Å². The molecule has 5 amide bonds. The summed E-state index contributed by atoms with van der Waals surface area (Å²) in [5.41, 5.74) is 3.16. The highest BCUT2D eigenvalue weighted by atomic mass is 16.3. The third-order valence-corrected chi connectivity index (χ3v) is 9.31. The number of ketones is 1. The summed E-state index contributed by atoms with van der Waals surface area (Å²) in [5.74, 6) is -4.43. The van der Waals surface area contributed by atoms with Gasteiger partial charge < -0.3 is 31.7 Å². The van der Waals surface area contributed by atoms with Gasteiger partial charge in [-0.3, -0.25) is 28.8 Å². The maximum Gasteiger partial charge on any atom is 0.287 e. The summed E-state index contributed by atoms with van der Waals surface area (Å²) in [4.78, 5) is 80.5. The summed E-state index contributed by atoms with van der Waals surface area (Å²) in [6.07, 6.45) is 3.81. The second-order valence-electron chi connectivity index (χ2n) is 13.4. The summed E-state index contributed by atoms with van der Waals surface area (Å²) in [5, 5.41) is 28.7. The number of benzene rings is 2. The molecule has 1 saturated heterocycles. The van der Waals surface area contributed by atoms with Crippen LogP contribution in [-0.4, -0.2) is 91.0 Å². The number of nitrogens with two attached hydrogens (primary N) is 1. The van der Waals surface area contributed by atoms with Crippen LogP contribution >= 0.6 is 0 Å². The predicted octanol–water partition coefficient (Wildman–Crippen LogP) is 0.609. The van der Waals surface area contributed by atoms with Crippen molar-refractivity contribution in [3.63, 3.8) is 0 Å². The number of carbonyl (C=O) groups excluding carboxylic acids is 6. The fourth-order valence-electron chi connectivity index (χ4n) is 6.77. The Hall–Kier alpha value is -5.18. The fraction of sp³-hybridized carbons (Fsp3) is 0.471. The van der Waals surface area contributed by atoms with Gasteiger partial charge in [0, 0.05) is 32.0 Å². The molecule has 0 radical (unpaired) electrons. The van der Waals surface area contributed by atoms with E-state index in [1.165, 1.54) is 22.7 Å². The lowest BCUT2D eigenvalue weighted by Gasteiger charge is -2.37. The minimum absolute atomic E-state index is 0.0103. The number of nitrogens with one attached hydrogen (secondary N) is 3. The molecule has 0 spiro atoms. The van der Waals surface area contributed by atoms with Gasteiger partial charge in [-0.1, -0.05) is 54.8 Å². The highest BCUT2D eigenvalue weighted by Crippen LogP contribution is 2.34. The number of nitrogens with zero attached hydrogens (tertiary/aromatic N) is 4. The lowest BCUT2D eigenvalue weighted by Crippen LogP contribution is -2.63. The van der Waals surface area contributed by atoms with Gasteiger partial charge in [0.15, 0.2) is 0 Å². The molecule has 49 heavy (non-hydrogen) atoms. The first-order valence-electron chi connectivity index (χ1n) is 16.3. The van der Waals surface area contributed by atoms with Gasteiger partial charge in [-0.15, -0.1) is 5.10 Å². The van der Waals surface area contributed by atoms with Crippen LogP contribution in [0, 0.1) is 0 Å². The van der Waals surface area contributed by atoms with E-state index in [1.54, 1.807) is 32.0 Å². The third-order valence-electron chi connectivity index (χ3n) is 9.31. The van der Waals surface area contributed by atoms with Crippen molar-refractivity contribution in [1.29, 1.82) is 0 Å². The molecule has 3 aromatic rings. The van der Waals surface area contributed by atoms with Gasteiger partial charge in [0.1, 0.15) is 23.2 Å². The van der Waals surface area contributed by atoms with Crippen LogP contribution < -0.4 is 21.7 Å². The number of Topliss-reactive ketones (excluding diaryl/α,β-unsaturated/α-hetero) is 1. The maximum atomic E-state index is 14.4. The van der Waals surface area contributed by atoms with Crippen LogP contribution in [0.1, 0.15) is 81.4 Å². The van der Waals surface area contributed by atoms with Gasteiger partial charge in [-0.2, -0.15) is 0 Å². The van der Waals surface area contributed by atoms with Gasteiger partial charge in [0.25, 0.3) is 11.8 Å². The van der Waals surface area contributed by atoms with Crippen LogP contribution in [0.15, 0.2) is 48.7 Å². The Labute approximate surface area is 282 Å². The van der Waals surface area contributed by atoms with Gasteiger partial charge in [0.2, 0.25) is 23.5 Å². The molecule has 0 bridgehead atoms. The SMILES string of the molecule is CC(=O)NCC(NC(=O)c1ccc2ccccc2c1)C(=O)N1C[C@@H](n2nncc2C(C)(C)O)C[C@H]1C(=O)NC1(C(=O)C(N)=O)CCCCC1. The maximum absolute atomic E-state index is 14.4. The van der Waals surface area contributed by atoms with Crippen molar-refractivity contribution < 1.29 is 33.9 Å². The van der Waals surface area contributed by atoms with Crippen molar-refractivity contribution >= 4 is 46.1 Å². The number of likely N-dealkylation sites (tertiary alicyclic amines) is 1. The fourth-order valence-corrected chi connectivity index (χ4v) is 6.77. The number of hydrogen-bond donors (Lipinski definition) is 5. The molecule has 3 atom stereocenters. The van der Waals surface area contributed by atoms with E-state index in [-0.39, 0.29) is 37.9 Å². The molecule has 15 heteroatoms. The Morgan fingerprint density at radius 1 is 1.04 bits per heavy atom. The molecular formula is C34H42N8O7. The van der Waals surface area contributed by atoms with E-state index in [2.05, 4.69) is 26.3 Å². The number of aliphatic hydroxyl groups is 1. The van der Waals surface area contributed by atoms with Crippen molar-refractivity contribution in [3.8, 4) is 0 Å². The molecule has 1 aliphatic carbocycles. The van der Waals surface area contributed by atoms with Crippen LogP contribution in [0.2, 0.25) is 0 Å². The van der Waals surface area contributed by atoms with Crippen LogP contribution in [0.4, 0.5) is 0 Å². The lowest BCUT2D eigenvalue weighted by atomic mass is 9.78. The van der Waals surface area contributed by atoms with Gasteiger partial charge >= 0.3 is 0 Å². The van der Waals surface area contributed by atoms with Gasteiger partial charge in [-0.25, -0.2) is 4.68 Å². The first-order valence-corrected chi connectivity index (χ1v) is 16.3. The highest BCUT2D eigenvalue weighted by molar-refractivity contribution is 6.39. The zero-order valence-corrected chi connectivity index (χ0v) is 27.8. The number of aromatic nitrogens is 3. The summed E-state index contributed by atoms with van der Waals surface area (Å²) >= 11 is 0. The summed E-state index contributed by atoms with van der Waals surface area (Å²) < 4.78 is 1.45. The number of primary amides is 1. The minimum atomic E-state index is -1.51. The summed E-state index contributed by atoms with van der Waals surface area (Å²) in [7, 11) is 0. The summed E-state index contributed by atoms with van der Waals surface area (Å²) in [6.45, 7) is 4.03. The highest BCUT2D eigenvalue weighted by Gasteiger charge is 2.49. The van der Waals surface area contributed by atoms with Crippen molar-refractivity contribution in [2.45, 2.75) is 88.6 Å². The average Bonchev–Trinajstić information content (AvgIpc) is 3.74. The van der Waals surface area contributed by atoms with Crippen LogP contribution in [0.25, 0.3) is 10.8 Å². The van der Waals surface area contributed by atoms with E-state index < -0.39 is 64.6 Å². The van der Waals surface area contributed by atoms with Crippen LogP contribution in [0.5, 0.6) is 0 Å². The Bertz CT molecular complexity index is 1770. The van der Waals surface area contributed by atoms with E-state index in [4.69, 9.17) is 5.73 Å². The van der Waals surface area contributed by atoms with E-state index in [9.17, 15) is 33.9 Å². The van der Waals surface area contributed by atoms with E-state index in [1.807, 2.05) is 24.3 Å². The van der Waals surface area contributed by atoms with E-state index >= 15 is 0 Å². The largest absolute Gasteiger partial charge is 0.384 e. The Morgan fingerprint density at radius 2 is 1.73 bits per heavy atom. The molecule has 1 unspecified atom stereocenters. The molecule has 260 valence electrons. The number of rotatable bonds is 11. The predicted molar refractivity (Wildman–Crippen MR) is 176 cm³/mol. The normalized spacial score (nSPS) is 19.6. The second kappa shape index (κ2) is 14.1. The molecule has 1 aliphatic heterocycles. The average molecular weight is 675 g/mol. The monoisotopic (exact) mass is 674 g/mol. The molecular weight excluding hydrogens is 632 g/mol. The minimum Gasteiger partial charge on any atom is -0.384 e. The smallest absolute Gasteiger partial charge is 0.287 e. The van der Waals surface area contributed by atoms with Gasteiger partial charge in [-0.05, 0) is 49.6 Å². The molecule has 2 aliphatic rings. The lowest BCUT2D eigenvalue weighted by molar-refractivity contribution is -0.145. The molecule has 15 nitrogen and oxygen atoms in total. The summed E-state index contributed by atoms with van der Waals surface area (Å²) in [6, 6.07) is 9.46. The topological polar surface area (TPSA) is 219 Å². The van der Waals surface area contributed by atoms with E-state index in [0.717, 1.165) is 17.2 Å². The zero-order valence-electron chi connectivity index (χ0n) is 27.8. The molecule has 2 fully saturated rings. The van der Waals surface area contributed by atoms with Crippen molar-refractivity contribution in [1.82, 2.24) is 35.8 Å². The molecule has 2 heterocycles. The third kappa shape index (κ3) is 7.61. The standard InChI is InChI=1S/C34H42N8O7/c1-20(43)36-17-25(38-30(46)23-12-11-21-9-5-6-10-22(21)15-23)32(48)41-19-24(42-27(18-37-40-42)33(2,3)49)16-26(41)31(47)39-34(28(44)29(35)45)13-7-4-8-14-34/h5-6,9-12,15,18,24-26,49H,4,7-8,13-14,16-17,19H2,1-3H3,(H2,35,45)(H,36,43)(H,38,46)(H,39,47)/t24-,25?,26-/m0/s1. The number of carbonyl (C=O) groups is 6. The zero-order chi connectivity index (χ0) is 35.5. The number of hydrogen-bond acceptors (Lipinski definition) is 9. The number of amides is 5. The second-order valence-corrected chi connectivity index (χ2v) is 13.4. The Morgan fingerprint density at radius 3 is 2.39 bits per heavy atom. The molecule has 1 aromatic heterocycles. The first kappa shape index (κ1) is 35.1. The van der Waals surface area contributed by atoms with Crippen molar-refractivity contribution in [2.24, 2.45) is 5.73 Å². The first-order chi connectivity index (χ1) is 23.2.